The molecule has 0 unspecified atom stereocenters. The van der Waals surface area contributed by atoms with E-state index in [1.165, 1.54) is 31.5 Å². The highest BCUT2D eigenvalue weighted by Crippen LogP contribution is 2.20. The summed E-state index contributed by atoms with van der Waals surface area (Å²) >= 11 is 11.4. The molecule has 1 aromatic heterocycles. The first kappa shape index (κ1) is 13.8. The number of halogens is 3. The molecule has 0 fully saturated rings. The lowest BCUT2D eigenvalue weighted by Gasteiger charge is -2.10. The van der Waals surface area contributed by atoms with E-state index in [9.17, 15) is 9.18 Å². The SMILES string of the molecule is COc1ccc(F)cc1Cn1ncc(Cl)c(Cl)c1=O. The summed E-state index contributed by atoms with van der Waals surface area (Å²) in [7, 11) is 1.46. The molecule has 1 heterocycles. The van der Waals surface area contributed by atoms with E-state index in [4.69, 9.17) is 27.9 Å². The van der Waals surface area contributed by atoms with Gasteiger partial charge in [0.1, 0.15) is 16.6 Å². The van der Waals surface area contributed by atoms with E-state index in [2.05, 4.69) is 5.10 Å². The molecule has 0 saturated carbocycles. The first-order valence-corrected chi connectivity index (χ1v) is 6.02. The van der Waals surface area contributed by atoms with Crippen LogP contribution in [0.4, 0.5) is 4.39 Å². The van der Waals surface area contributed by atoms with Crippen molar-refractivity contribution < 1.29 is 9.13 Å². The number of hydrogen-bond acceptors (Lipinski definition) is 3. The monoisotopic (exact) mass is 302 g/mol. The van der Waals surface area contributed by atoms with Crippen LogP contribution in [0.15, 0.2) is 29.2 Å². The van der Waals surface area contributed by atoms with Gasteiger partial charge in [-0.15, -0.1) is 0 Å². The van der Waals surface area contributed by atoms with E-state index in [-0.39, 0.29) is 16.6 Å². The van der Waals surface area contributed by atoms with Crippen LogP contribution in [0.3, 0.4) is 0 Å². The number of hydrogen-bond donors (Lipinski definition) is 0. The maximum Gasteiger partial charge on any atom is 0.287 e. The molecule has 0 radical (unpaired) electrons. The molecular weight excluding hydrogens is 294 g/mol. The van der Waals surface area contributed by atoms with Crippen molar-refractivity contribution in [3.63, 3.8) is 0 Å². The summed E-state index contributed by atoms with van der Waals surface area (Å²) in [5.41, 5.74) is -0.0593. The summed E-state index contributed by atoms with van der Waals surface area (Å²) in [6, 6.07) is 4.02. The zero-order valence-corrected chi connectivity index (χ0v) is 11.4. The van der Waals surface area contributed by atoms with Gasteiger partial charge in [-0.25, -0.2) is 9.07 Å². The highest BCUT2D eigenvalue weighted by Gasteiger charge is 2.11. The van der Waals surface area contributed by atoms with Crippen molar-refractivity contribution >= 4 is 23.2 Å². The minimum atomic E-state index is -0.541. The van der Waals surface area contributed by atoms with Gasteiger partial charge in [-0.2, -0.15) is 5.10 Å². The molecule has 0 spiro atoms. The van der Waals surface area contributed by atoms with E-state index >= 15 is 0 Å². The van der Waals surface area contributed by atoms with Crippen LogP contribution in [0.25, 0.3) is 0 Å². The molecule has 1 aromatic carbocycles. The third-order valence-electron chi connectivity index (χ3n) is 2.50. The average Bonchev–Trinajstić information content (AvgIpc) is 2.40. The van der Waals surface area contributed by atoms with Gasteiger partial charge in [-0.05, 0) is 18.2 Å². The van der Waals surface area contributed by atoms with Crippen LogP contribution >= 0.6 is 23.2 Å². The number of aromatic nitrogens is 2. The smallest absolute Gasteiger partial charge is 0.287 e. The normalized spacial score (nSPS) is 10.5. The third kappa shape index (κ3) is 2.88. The van der Waals surface area contributed by atoms with E-state index in [1.54, 1.807) is 0 Å². The lowest BCUT2D eigenvalue weighted by atomic mass is 10.2. The predicted molar refractivity (Wildman–Crippen MR) is 70.6 cm³/mol. The van der Waals surface area contributed by atoms with E-state index < -0.39 is 11.4 Å². The van der Waals surface area contributed by atoms with Gasteiger partial charge in [0, 0.05) is 5.56 Å². The Balaban J connectivity index is 2.44. The lowest BCUT2D eigenvalue weighted by Crippen LogP contribution is -2.24. The van der Waals surface area contributed by atoms with Crippen molar-refractivity contribution in [2.24, 2.45) is 0 Å². The van der Waals surface area contributed by atoms with Gasteiger partial charge in [-0.1, -0.05) is 23.2 Å². The summed E-state index contributed by atoms with van der Waals surface area (Å²) in [4.78, 5) is 11.8. The Bertz CT molecular complexity index is 673. The van der Waals surface area contributed by atoms with Crippen molar-refractivity contribution in [3.8, 4) is 5.75 Å². The Morgan fingerprint density at radius 1 is 1.42 bits per heavy atom. The van der Waals surface area contributed by atoms with Gasteiger partial charge in [0.15, 0.2) is 0 Å². The van der Waals surface area contributed by atoms with Gasteiger partial charge < -0.3 is 4.74 Å². The van der Waals surface area contributed by atoms with Gasteiger partial charge in [-0.3, -0.25) is 4.79 Å². The molecule has 0 N–H and O–H groups in total. The van der Waals surface area contributed by atoms with Crippen LogP contribution in [0, 0.1) is 5.82 Å². The Labute approximate surface area is 118 Å². The maximum absolute atomic E-state index is 13.2. The van der Waals surface area contributed by atoms with Crippen molar-refractivity contribution in [1.82, 2.24) is 9.78 Å². The van der Waals surface area contributed by atoms with Gasteiger partial charge in [0.05, 0.1) is 24.9 Å². The zero-order chi connectivity index (χ0) is 14.0. The Kier molecular flexibility index (Phi) is 4.07. The summed E-state index contributed by atoms with van der Waals surface area (Å²) in [6.07, 6.45) is 1.26. The topological polar surface area (TPSA) is 44.1 Å². The molecule has 0 amide bonds. The second-order valence-electron chi connectivity index (χ2n) is 3.73. The minimum Gasteiger partial charge on any atom is -0.496 e. The summed E-state index contributed by atoms with van der Waals surface area (Å²) in [5, 5.41) is 3.81. The van der Waals surface area contributed by atoms with Crippen molar-refractivity contribution in [1.29, 1.82) is 0 Å². The van der Waals surface area contributed by atoms with Crippen LogP contribution < -0.4 is 10.3 Å². The van der Waals surface area contributed by atoms with E-state index in [1.807, 2.05) is 0 Å². The predicted octanol–water partition coefficient (Wildman–Crippen LogP) is 2.75. The number of rotatable bonds is 3. The highest BCUT2D eigenvalue weighted by atomic mass is 35.5. The van der Waals surface area contributed by atoms with Crippen LogP contribution in [0.5, 0.6) is 5.75 Å². The Morgan fingerprint density at radius 3 is 2.84 bits per heavy atom. The number of benzene rings is 1. The second-order valence-corrected chi connectivity index (χ2v) is 4.51. The van der Waals surface area contributed by atoms with Crippen LogP contribution in [0.2, 0.25) is 10.0 Å². The van der Waals surface area contributed by atoms with E-state index in [0.29, 0.717) is 11.3 Å². The summed E-state index contributed by atoms with van der Waals surface area (Å²) in [6.45, 7) is 0.0383. The molecule has 0 aliphatic heterocycles. The third-order valence-corrected chi connectivity index (χ3v) is 3.25. The van der Waals surface area contributed by atoms with Crippen LogP contribution in [0.1, 0.15) is 5.56 Å². The fourth-order valence-corrected chi connectivity index (χ4v) is 1.86. The fourth-order valence-electron chi connectivity index (χ4n) is 1.59. The molecule has 2 rings (SSSR count). The van der Waals surface area contributed by atoms with Gasteiger partial charge in [0.2, 0.25) is 0 Å². The second kappa shape index (κ2) is 5.59. The van der Waals surface area contributed by atoms with Crippen molar-refractivity contribution in [3.05, 3.63) is 56.2 Å². The summed E-state index contributed by atoms with van der Waals surface area (Å²) < 4.78 is 19.4. The molecule has 4 nitrogen and oxygen atoms in total. The number of methoxy groups -OCH3 is 1. The maximum atomic E-state index is 13.2. The van der Waals surface area contributed by atoms with Gasteiger partial charge in [0.25, 0.3) is 5.56 Å². The Hall–Kier alpha value is -1.59. The molecule has 0 bridgehead atoms. The van der Waals surface area contributed by atoms with Crippen LogP contribution in [-0.4, -0.2) is 16.9 Å². The van der Waals surface area contributed by atoms with Crippen molar-refractivity contribution in [2.45, 2.75) is 6.54 Å². The first-order chi connectivity index (χ1) is 9.02. The molecule has 0 aliphatic rings. The molecule has 0 saturated heterocycles. The molecule has 100 valence electrons. The standard InChI is InChI=1S/C12H9Cl2FN2O2/c1-19-10-3-2-8(15)4-7(10)6-17-12(18)11(14)9(13)5-16-17/h2-5H,6H2,1H3. The van der Waals surface area contributed by atoms with Crippen LogP contribution in [-0.2, 0) is 6.54 Å². The minimum absolute atomic E-state index is 0.0383. The molecule has 2 aromatic rings. The van der Waals surface area contributed by atoms with Crippen molar-refractivity contribution in [2.75, 3.05) is 7.11 Å². The fraction of sp³-hybridized carbons (Fsp3) is 0.167. The molecule has 19 heavy (non-hydrogen) atoms. The summed E-state index contributed by atoms with van der Waals surface area (Å²) in [5.74, 6) is 0.0325. The first-order valence-electron chi connectivity index (χ1n) is 5.26. The molecule has 0 atom stereocenters. The number of nitrogens with zero attached hydrogens (tertiary/aromatic N) is 2. The Morgan fingerprint density at radius 2 is 2.16 bits per heavy atom. The lowest BCUT2D eigenvalue weighted by molar-refractivity contribution is 0.405. The number of ether oxygens (including phenoxy) is 1. The zero-order valence-electron chi connectivity index (χ0n) is 9.86. The van der Waals surface area contributed by atoms with E-state index in [0.717, 1.165) is 4.68 Å². The molecule has 7 heteroatoms. The highest BCUT2D eigenvalue weighted by molar-refractivity contribution is 6.41. The largest absolute Gasteiger partial charge is 0.496 e. The quantitative estimate of drug-likeness (QED) is 0.875. The average molecular weight is 303 g/mol. The molecule has 0 aliphatic carbocycles. The molecular formula is C12H9Cl2FN2O2. The van der Waals surface area contributed by atoms with Gasteiger partial charge >= 0.3 is 0 Å².